The van der Waals surface area contributed by atoms with Crippen LogP contribution in [0.15, 0.2) is 41.3 Å². The van der Waals surface area contributed by atoms with Crippen molar-refractivity contribution < 1.29 is 9.59 Å². The molecule has 2 saturated heterocycles. The number of benzene rings is 1. The second-order valence-electron chi connectivity index (χ2n) is 10.9. The molecule has 0 bridgehead atoms. The first-order valence-corrected chi connectivity index (χ1v) is 12.6. The summed E-state index contributed by atoms with van der Waals surface area (Å²) in [5, 5.41) is 2.64. The third kappa shape index (κ3) is 5.23. The van der Waals surface area contributed by atoms with Gasteiger partial charge in [-0.15, -0.1) is 0 Å². The topological polar surface area (TPSA) is 169 Å². The minimum atomic E-state index is -1.01. The van der Waals surface area contributed by atoms with Gasteiger partial charge in [0.1, 0.15) is 5.82 Å². The van der Waals surface area contributed by atoms with Gasteiger partial charge < -0.3 is 27.0 Å². The Morgan fingerprint density at radius 1 is 1.05 bits per heavy atom. The Morgan fingerprint density at radius 3 is 2.32 bits per heavy atom. The molecule has 2 unspecified atom stereocenters. The van der Waals surface area contributed by atoms with Crippen LogP contribution in [0.4, 0.5) is 10.6 Å². The quantitative estimate of drug-likeness (QED) is 0.411. The maximum Gasteiger partial charge on any atom is 0.354 e. The second kappa shape index (κ2) is 9.53. The number of amides is 3. The zero-order valence-corrected chi connectivity index (χ0v) is 21.2. The number of piperidine rings is 1. The summed E-state index contributed by atoms with van der Waals surface area (Å²) in [6, 6.07) is 9.27. The lowest BCUT2D eigenvalue weighted by Crippen LogP contribution is -2.64. The van der Waals surface area contributed by atoms with E-state index in [9.17, 15) is 14.4 Å². The fourth-order valence-corrected chi connectivity index (χ4v) is 5.31. The predicted octanol–water partition coefficient (Wildman–Crippen LogP) is -0.680. The fourth-order valence-electron chi connectivity index (χ4n) is 5.31. The molecule has 198 valence electrons. The molecule has 12 heteroatoms. The molecule has 1 aromatic carbocycles. The predicted molar refractivity (Wildman–Crippen MR) is 139 cm³/mol. The standard InChI is InChI=1S/C25H35N9O3/c1-25(2,28)22(35)32-9-10-34(19(26)14-32)24(37)30-20-7-8-33(23(36)29-20)16-5-3-15(4-6-16)11-31-12-17-18(13-31)21(17)27/h3-8,17-19,21H,9-14,26-28H2,1-2H3,(H,29,30,36,37)/t17?,18?,19-,21?/m0/s1. The third-order valence-corrected chi connectivity index (χ3v) is 7.51. The lowest BCUT2D eigenvalue weighted by atomic mass is 10.0. The van der Waals surface area contributed by atoms with Crippen molar-refractivity contribution >= 4 is 17.8 Å². The molecule has 3 atom stereocenters. The number of nitrogens with one attached hydrogen (secondary N) is 1. The molecule has 7 N–H and O–H groups in total. The first kappa shape index (κ1) is 25.3. The average molecular weight is 510 g/mol. The number of piperazine rings is 1. The number of urea groups is 1. The fraction of sp³-hybridized carbons (Fsp3) is 0.520. The molecule has 3 heterocycles. The molecule has 0 radical (unpaired) electrons. The highest BCUT2D eigenvalue weighted by Gasteiger charge is 2.53. The van der Waals surface area contributed by atoms with E-state index >= 15 is 0 Å². The molecule has 3 amide bonds. The monoisotopic (exact) mass is 509 g/mol. The Balaban J connectivity index is 1.17. The highest BCUT2D eigenvalue weighted by molar-refractivity contribution is 5.89. The molecular weight excluding hydrogens is 474 g/mol. The Hall–Kier alpha value is -3.32. The SMILES string of the molecule is CC(C)(N)C(=O)N1CCN(C(=O)Nc2ccn(-c3ccc(CN4CC5C(N)C5C4)cc3)c(=O)n2)[C@H](N)C1. The van der Waals surface area contributed by atoms with Crippen molar-refractivity contribution in [1.82, 2.24) is 24.3 Å². The van der Waals surface area contributed by atoms with Crippen LogP contribution in [0.3, 0.4) is 0 Å². The van der Waals surface area contributed by atoms with Crippen molar-refractivity contribution in [2.24, 2.45) is 29.0 Å². The van der Waals surface area contributed by atoms with Crippen LogP contribution in [0.2, 0.25) is 0 Å². The van der Waals surface area contributed by atoms with Crippen molar-refractivity contribution in [3.8, 4) is 5.69 Å². The lowest BCUT2D eigenvalue weighted by Gasteiger charge is -2.41. The Kier molecular flexibility index (Phi) is 6.52. The highest BCUT2D eigenvalue weighted by Crippen LogP contribution is 2.44. The maximum absolute atomic E-state index is 12.8. The first-order chi connectivity index (χ1) is 17.5. The van der Waals surface area contributed by atoms with Gasteiger partial charge >= 0.3 is 11.7 Å². The summed E-state index contributed by atoms with van der Waals surface area (Å²) in [6.45, 7) is 6.96. The summed E-state index contributed by atoms with van der Waals surface area (Å²) in [6.07, 6.45) is 0.872. The van der Waals surface area contributed by atoms with Crippen LogP contribution in [0.1, 0.15) is 19.4 Å². The Labute approximate surface area is 215 Å². The number of anilines is 1. The van der Waals surface area contributed by atoms with E-state index in [0.29, 0.717) is 30.1 Å². The van der Waals surface area contributed by atoms with Crippen molar-refractivity contribution in [2.45, 2.75) is 38.1 Å². The number of aromatic nitrogens is 2. The summed E-state index contributed by atoms with van der Waals surface area (Å²) in [7, 11) is 0. The van der Waals surface area contributed by atoms with Crippen LogP contribution < -0.4 is 28.2 Å². The number of carbonyl (C=O) groups is 2. The Bertz CT molecular complexity index is 1230. The van der Waals surface area contributed by atoms with E-state index in [0.717, 1.165) is 19.6 Å². The number of fused-ring (bicyclic) bond motifs is 1. The van der Waals surface area contributed by atoms with Gasteiger partial charge in [-0.2, -0.15) is 4.98 Å². The van der Waals surface area contributed by atoms with Crippen LogP contribution >= 0.6 is 0 Å². The lowest BCUT2D eigenvalue weighted by molar-refractivity contribution is -0.138. The summed E-state index contributed by atoms with van der Waals surface area (Å²) in [5.41, 5.74) is 18.4. The van der Waals surface area contributed by atoms with Crippen LogP contribution in [-0.4, -0.2) is 86.7 Å². The number of carbonyl (C=O) groups excluding carboxylic acids is 2. The highest BCUT2D eigenvalue weighted by atomic mass is 16.2. The van der Waals surface area contributed by atoms with Crippen LogP contribution in [-0.2, 0) is 11.3 Å². The molecule has 12 nitrogen and oxygen atoms in total. The van der Waals surface area contributed by atoms with Crippen molar-refractivity contribution in [3.63, 3.8) is 0 Å². The largest absolute Gasteiger partial charge is 0.354 e. The van der Waals surface area contributed by atoms with Gasteiger partial charge in [-0.3, -0.25) is 19.6 Å². The van der Waals surface area contributed by atoms with Gasteiger partial charge in [0.15, 0.2) is 0 Å². The van der Waals surface area contributed by atoms with E-state index < -0.39 is 23.4 Å². The molecular formula is C25H35N9O3. The summed E-state index contributed by atoms with van der Waals surface area (Å²) in [5.74, 6) is 1.20. The number of likely N-dealkylation sites (tertiary alicyclic amines) is 1. The first-order valence-electron chi connectivity index (χ1n) is 12.6. The average Bonchev–Trinajstić information content (AvgIpc) is 3.23. The molecule has 1 aromatic heterocycles. The van der Waals surface area contributed by atoms with E-state index in [-0.39, 0.29) is 24.8 Å². The van der Waals surface area contributed by atoms with Gasteiger partial charge in [0, 0.05) is 45.0 Å². The van der Waals surface area contributed by atoms with Crippen molar-refractivity contribution in [1.29, 1.82) is 0 Å². The zero-order valence-electron chi connectivity index (χ0n) is 21.2. The van der Waals surface area contributed by atoms with Crippen molar-refractivity contribution in [3.05, 3.63) is 52.6 Å². The molecule has 0 spiro atoms. The van der Waals surface area contributed by atoms with Crippen LogP contribution in [0, 0.1) is 11.8 Å². The molecule has 3 fully saturated rings. The van der Waals surface area contributed by atoms with E-state index in [4.69, 9.17) is 17.2 Å². The minimum absolute atomic E-state index is 0.127. The van der Waals surface area contributed by atoms with Gasteiger partial charge in [0.05, 0.1) is 23.9 Å². The maximum atomic E-state index is 12.8. The normalized spacial score (nSPS) is 25.6. The minimum Gasteiger partial charge on any atom is -0.336 e. The van der Waals surface area contributed by atoms with Gasteiger partial charge in [0.25, 0.3) is 0 Å². The third-order valence-electron chi connectivity index (χ3n) is 7.51. The van der Waals surface area contributed by atoms with Crippen molar-refractivity contribution in [2.75, 3.05) is 38.0 Å². The Morgan fingerprint density at radius 2 is 1.73 bits per heavy atom. The second-order valence-corrected chi connectivity index (χ2v) is 10.9. The van der Waals surface area contributed by atoms with E-state index in [1.807, 2.05) is 24.3 Å². The number of hydrogen-bond donors (Lipinski definition) is 4. The molecule has 2 aromatic rings. The molecule has 1 saturated carbocycles. The van der Waals surface area contributed by atoms with E-state index in [1.54, 1.807) is 31.0 Å². The summed E-state index contributed by atoms with van der Waals surface area (Å²) < 4.78 is 1.42. The van der Waals surface area contributed by atoms with Gasteiger partial charge in [0.2, 0.25) is 5.91 Å². The van der Waals surface area contributed by atoms with Gasteiger partial charge in [-0.05, 0) is 49.4 Å². The number of rotatable bonds is 5. The molecule has 5 rings (SSSR count). The number of nitrogens with zero attached hydrogens (tertiary/aromatic N) is 5. The molecule has 1 aliphatic carbocycles. The smallest absolute Gasteiger partial charge is 0.336 e. The van der Waals surface area contributed by atoms with Gasteiger partial charge in [-0.1, -0.05) is 12.1 Å². The summed E-state index contributed by atoms with van der Waals surface area (Å²) >= 11 is 0. The van der Waals surface area contributed by atoms with Gasteiger partial charge in [-0.25, -0.2) is 9.59 Å². The molecule has 37 heavy (non-hydrogen) atoms. The number of hydrogen-bond acceptors (Lipinski definition) is 8. The van der Waals surface area contributed by atoms with Crippen LogP contribution in [0.25, 0.3) is 5.69 Å². The van der Waals surface area contributed by atoms with E-state index in [2.05, 4.69) is 15.2 Å². The molecule has 2 aliphatic heterocycles. The van der Waals surface area contributed by atoms with Crippen LogP contribution in [0.5, 0.6) is 0 Å². The zero-order chi connectivity index (χ0) is 26.5. The van der Waals surface area contributed by atoms with E-state index in [1.165, 1.54) is 15.0 Å². The summed E-state index contributed by atoms with van der Waals surface area (Å²) in [4.78, 5) is 47.3. The number of nitrogens with two attached hydrogens (primary N) is 3. The molecule has 3 aliphatic rings.